The van der Waals surface area contributed by atoms with Gasteiger partial charge in [0.05, 0.1) is 10.9 Å². The largest absolute Gasteiger partial charge is 0.349 e. The second kappa shape index (κ2) is 8.33. The summed E-state index contributed by atoms with van der Waals surface area (Å²) in [5, 5.41) is 2.81. The third-order valence-electron chi connectivity index (χ3n) is 3.10. The quantitative estimate of drug-likeness (QED) is 0.715. The van der Waals surface area contributed by atoms with E-state index in [0.717, 1.165) is 5.56 Å². The van der Waals surface area contributed by atoms with E-state index >= 15 is 0 Å². The van der Waals surface area contributed by atoms with Crippen LogP contribution in [-0.2, 0) is 14.8 Å². The first-order valence-electron chi connectivity index (χ1n) is 6.35. The van der Waals surface area contributed by atoms with Gasteiger partial charge in [0.2, 0.25) is 15.9 Å². The Balaban J connectivity index is 0.00000400. The van der Waals surface area contributed by atoms with Gasteiger partial charge in [0.15, 0.2) is 0 Å². The van der Waals surface area contributed by atoms with Crippen LogP contribution in [0.1, 0.15) is 25.5 Å². The van der Waals surface area contributed by atoms with E-state index in [2.05, 4.69) is 10.0 Å². The topological polar surface area (TPSA) is 101 Å². The van der Waals surface area contributed by atoms with Crippen LogP contribution < -0.4 is 15.8 Å². The van der Waals surface area contributed by atoms with E-state index in [0.29, 0.717) is 0 Å². The second-order valence-electron chi connectivity index (χ2n) is 4.65. The number of nitrogens with two attached hydrogens (primary N) is 1. The minimum absolute atomic E-state index is 0. The molecule has 0 radical (unpaired) electrons. The minimum atomic E-state index is -3.49. The highest BCUT2D eigenvalue weighted by Gasteiger charge is 2.17. The summed E-state index contributed by atoms with van der Waals surface area (Å²) in [7, 11) is -2.13. The summed E-state index contributed by atoms with van der Waals surface area (Å²) < 4.78 is 25.7. The average Bonchev–Trinajstić information content (AvgIpc) is 2.46. The summed E-state index contributed by atoms with van der Waals surface area (Å²) in [6.45, 7) is 3.81. The number of carbonyl (C=O) groups is 1. The zero-order chi connectivity index (χ0) is 15.3. The molecule has 6 nitrogen and oxygen atoms in total. The number of hydrogen-bond donors (Lipinski definition) is 3. The molecule has 0 aromatic heterocycles. The van der Waals surface area contributed by atoms with Crippen LogP contribution in [-0.4, -0.2) is 27.9 Å². The number of carbonyl (C=O) groups excluding carboxylic acids is 1. The molecule has 0 aliphatic heterocycles. The van der Waals surface area contributed by atoms with Gasteiger partial charge >= 0.3 is 0 Å². The van der Waals surface area contributed by atoms with E-state index in [-0.39, 0.29) is 41.7 Å². The molecular weight excluding hydrogens is 314 g/mol. The third kappa shape index (κ3) is 5.28. The average molecular weight is 336 g/mol. The molecule has 0 saturated carbocycles. The van der Waals surface area contributed by atoms with Crippen LogP contribution in [0.5, 0.6) is 0 Å². The maximum absolute atomic E-state index is 11.8. The van der Waals surface area contributed by atoms with E-state index in [4.69, 9.17) is 5.73 Å². The van der Waals surface area contributed by atoms with Crippen LogP contribution in [0, 0.1) is 5.92 Å². The van der Waals surface area contributed by atoms with Gasteiger partial charge in [0.1, 0.15) is 0 Å². The van der Waals surface area contributed by atoms with E-state index in [1.54, 1.807) is 32.0 Å². The Morgan fingerprint density at radius 1 is 1.33 bits per heavy atom. The van der Waals surface area contributed by atoms with Gasteiger partial charge in [0.25, 0.3) is 0 Å². The molecule has 0 bridgehead atoms. The van der Waals surface area contributed by atoms with Gasteiger partial charge < -0.3 is 11.1 Å². The zero-order valence-corrected chi connectivity index (χ0v) is 13.9. The molecule has 0 spiro atoms. The van der Waals surface area contributed by atoms with E-state index in [9.17, 15) is 13.2 Å². The second-order valence-corrected chi connectivity index (χ2v) is 6.53. The van der Waals surface area contributed by atoms with E-state index in [1.807, 2.05) is 0 Å². The number of nitrogens with one attached hydrogen (secondary N) is 2. The maximum atomic E-state index is 11.8. The van der Waals surface area contributed by atoms with E-state index < -0.39 is 10.0 Å². The van der Waals surface area contributed by atoms with Crippen molar-refractivity contribution in [3.8, 4) is 0 Å². The highest BCUT2D eigenvalue weighted by molar-refractivity contribution is 7.89. The lowest BCUT2D eigenvalue weighted by Gasteiger charge is -2.17. The van der Waals surface area contributed by atoms with Crippen molar-refractivity contribution >= 4 is 28.3 Å². The Labute approximate surface area is 132 Å². The fourth-order valence-corrected chi connectivity index (χ4v) is 2.40. The monoisotopic (exact) mass is 335 g/mol. The van der Waals surface area contributed by atoms with Crippen LogP contribution in [0.2, 0.25) is 0 Å². The van der Waals surface area contributed by atoms with Crippen molar-refractivity contribution in [1.82, 2.24) is 10.0 Å². The molecule has 0 fully saturated rings. The van der Waals surface area contributed by atoms with E-state index in [1.165, 1.54) is 13.1 Å². The van der Waals surface area contributed by atoms with Crippen LogP contribution in [0.25, 0.3) is 0 Å². The highest BCUT2D eigenvalue weighted by atomic mass is 35.5. The normalized spacial score (nSPS) is 13.9. The van der Waals surface area contributed by atoms with Gasteiger partial charge in [-0.25, -0.2) is 13.1 Å². The van der Waals surface area contributed by atoms with Crippen molar-refractivity contribution in [3.63, 3.8) is 0 Å². The summed E-state index contributed by atoms with van der Waals surface area (Å²) in [6, 6.07) is 6.18. The smallest absolute Gasteiger partial charge is 0.240 e. The summed E-state index contributed by atoms with van der Waals surface area (Å²) in [5.74, 6) is -0.427. The minimum Gasteiger partial charge on any atom is -0.349 e. The van der Waals surface area contributed by atoms with Crippen molar-refractivity contribution in [2.75, 3.05) is 13.6 Å². The molecule has 0 aliphatic carbocycles. The van der Waals surface area contributed by atoms with Crippen molar-refractivity contribution in [2.45, 2.75) is 24.8 Å². The molecule has 21 heavy (non-hydrogen) atoms. The molecule has 1 aromatic rings. The number of amides is 1. The van der Waals surface area contributed by atoms with Crippen molar-refractivity contribution < 1.29 is 13.2 Å². The fraction of sp³-hybridized carbons (Fsp3) is 0.462. The molecule has 0 heterocycles. The summed E-state index contributed by atoms with van der Waals surface area (Å²) >= 11 is 0. The lowest BCUT2D eigenvalue weighted by atomic mass is 10.1. The third-order valence-corrected chi connectivity index (χ3v) is 4.51. The SMILES string of the molecule is CNS(=O)(=O)c1cccc(C(C)NC(=O)C(C)CN)c1.Cl. The van der Waals surface area contributed by atoms with Gasteiger partial charge in [-0.1, -0.05) is 19.1 Å². The first-order valence-corrected chi connectivity index (χ1v) is 7.84. The Morgan fingerprint density at radius 2 is 1.95 bits per heavy atom. The number of benzene rings is 1. The summed E-state index contributed by atoms with van der Waals surface area (Å²) in [6.07, 6.45) is 0. The Bertz CT molecular complexity index is 578. The van der Waals surface area contributed by atoms with Crippen molar-refractivity contribution in [1.29, 1.82) is 0 Å². The van der Waals surface area contributed by atoms with Crippen LogP contribution in [0.4, 0.5) is 0 Å². The number of sulfonamides is 1. The van der Waals surface area contributed by atoms with Gasteiger partial charge in [-0.3, -0.25) is 4.79 Å². The fourth-order valence-electron chi connectivity index (χ4n) is 1.61. The van der Waals surface area contributed by atoms with Gasteiger partial charge in [-0.2, -0.15) is 0 Å². The van der Waals surface area contributed by atoms with Crippen molar-refractivity contribution in [2.24, 2.45) is 11.7 Å². The molecular formula is C13H22ClN3O3S. The summed E-state index contributed by atoms with van der Waals surface area (Å²) in [5.41, 5.74) is 6.16. The first-order chi connectivity index (χ1) is 9.31. The molecule has 0 saturated heterocycles. The number of halogens is 1. The molecule has 4 N–H and O–H groups in total. The molecule has 2 unspecified atom stereocenters. The molecule has 2 atom stereocenters. The predicted octanol–water partition coefficient (Wildman–Crippen LogP) is 0.788. The van der Waals surface area contributed by atoms with Gasteiger partial charge in [0, 0.05) is 12.5 Å². The van der Waals surface area contributed by atoms with Crippen LogP contribution in [0.3, 0.4) is 0 Å². The first kappa shape index (κ1) is 19.9. The van der Waals surface area contributed by atoms with Crippen LogP contribution in [0.15, 0.2) is 29.2 Å². The standard InChI is InChI=1S/C13H21N3O3S.ClH/c1-9(8-14)13(17)16-10(2)11-5-4-6-12(7-11)20(18,19)15-3;/h4-7,9-10,15H,8,14H2,1-3H3,(H,16,17);1H. The van der Waals surface area contributed by atoms with Crippen LogP contribution >= 0.6 is 12.4 Å². The number of rotatable bonds is 6. The Kier molecular flexibility index (Phi) is 7.87. The lowest BCUT2D eigenvalue weighted by molar-refractivity contribution is -0.124. The lowest BCUT2D eigenvalue weighted by Crippen LogP contribution is -2.35. The van der Waals surface area contributed by atoms with Gasteiger partial charge in [-0.05, 0) is 31.7 Å². The van der Waals surface area contributed by atoms with Gasteiger partial charge in [-0.15, -0.1) is 12.4 Å². The van der Waals surface area contributed by atoms with Crippen molar-refractivity contribution in [3.05, 3.63) is 29.8 Å². The molecule has 8 heteroatoms. The molecule has 1 rings (SSSR count). The zero-order valence-electron chi connectivity index (χ0n) is 12.3. The summed E-state index contributed by atoms with van der Waals surface area (Å²) in [4.78, 5) is 11.9. The highest BCUT2D eigenvalue weighted by Crippen LogP contribution is 2.17. The maximum Gasteiger partial charge on any atom is 0.240 e. The number of hydrogen-bond acceptors (Lipinski definition) is 4. The Morgan fingerprint density at radius 3 is 2.48 bits per heavy atom. The molecule has 0 aliphatic rings. The molecule has 1 amide bonds. The molecule has 1 aromatic carbocycles. The Hall–Kier alpha value is -1.15. The predicted molar refractivity (Wildman–Crippen MR) is 84.7 cm³/mol. The molecule has 120 valence electrons.